The average molecular weight is 346 g/mol. The summed E-state index contributed by atoms with van der Waals surface area (Å²) in [7, 11) is 0. The quantitative estimate of drug-likeness (QED) is 0.794. The molecule has 124 valence electrons. The fraction of sp³-hybridized carbons (Fsp3) is 0.250. The maximum absolute atomic E-state index is 12.8. The zero-order valence-corrected chi connectivity index (χ0v) is 13.0. The van der Waals surface area contributed by atoms with Crippen molar-refractivity contribution in [2.24, 2.45) is 0 Å². The van der Waals surface area contributed by atoms with Crippen molar-refractivity contribution >= 4 is 17.3 Å². The monoisotopic (exact) mass is 345 g/mol. The SMILES string of the molecule is CCOc1cccc(O)c1CNc1ccc(Cl)c(C(F)(F)F)c1. The highest BCUT2D eigenvalue weighted by molar-refractivity contribution is 6.31. The number of hydrogen-bond acceptors (Lipinski definition) is 3. The van der Waals surface area contributed by atoms with Crippen LogP contribution in [0.1, 0.15) is 18.1 Å². The maximum atomic E-state index is 12.8. The van der Waals surface area contributed by atoms with Crippen LogP contribution in [0.5, 0.6) is 11.5 Å². The first-order valence-corrected chi connectivity index (χ1v) is 7.25. The molecule has 3 nitrogen and oxygen atoms in total. The number of ether oxygens (including phenoxy) is 1. The molecule has 0 unspecified atom stereocenters. The summed E-state index contributed by atoms with van der Waals surface area (Å²) in [5.74, 6) is 0.485. The summed E-state index contributed by atoms with van der Waals surface area (Å²) < 4.78 is 43.9. The Morgan fingerprint density at radius 2 is 1.96 bits per heavy atom. The first kappa shape index (κ1) is 17.3. The molecule has 0 aromatic heterocycles. The Balaban J connectivity index is 2.22. The average Bonchev–Trinajstić information content (AvgIpc) is 2.47. The van der Waals surface area contributed by atoms with Crippen molar-refractivity contribution in [1.82, 2.24) is 0 Å². The van der Waals surface area contributed by atoms with Crippen molar-refractivity contribution in [2.75, 3.05) is 11.9 Å². The highest BCUT2D eigenvalue weighted by Gasteiger charge is 2.33. The molecular formula is C16H15ClF3NO2. The van der Waals surface area contributed by atoms with E-state index in [0.717, 1.165) is 6.07 Å². The van der Waals surface area contributed by atoms with Gasteiger partial charge < -0.3 is 15.2 Å². The Morgan fingerprint density at radius 3 is 2.61 bits per heavy atom. The Hall–Kier alpha value is -2.08. The Labute approximate surface area is 136 Å². The van der Waals surface area contributed by atoms with E-state index in [1.54, 1.807) is 19.1 Å². The number of nitrogens with one attached hydrogen (secondary N) is 1. The first-order valence-electron chi connectivity index (χ1n) is 6.87. The molecule has 0 spiro atoms. The highest BCUT2D eigenvalue weighted by atomic mass is 35.5. The molecule has 0 heterocycles. The van der Waals surface area contributed by atoms with Crippen LogP contribution in [0.2, 0.25) is 5.02 Å². The topological polar surface area (TPSA) is 41.5 Å². The van der Waals surface area contributed by atoms with Crippen LogP contribution in [0.4, 0.5) is 18.9 Å². The van der Waals surface area contributed by atoms with Crippen LogP contribution in [-0.4, -0.2) is 11.7 Å². The number of alkyl halides is 3. The van der Waals surface area contributed by atoms with Crippen molar-refractivity contribution in [1.29, 1.82) is 0 Å². The number of rotatable bonds is 5. The van der Waals surface area contributed by atoms with E-state index in [9.17, 15) is 18.3 Å². The molecule has 2 aromatic carbocycles. The van der Waals surface area contributed by atoms with Gasteiger partial charge in [-0.05, 0) is 37.3 Å². The zero-order valence-electron chi connectivity index (χ0n) is 12.2. The van der Waals surface area contributed by atoms with Crippen LogP contribution >= 0.6 is 11.6 Å². The standard InChI is InChI=1S/C16H15ClF3NO2/c1-2-23-15-5-3-4-14(22)11(15)9-21-10-6-7-13(17)12(8-10)16(18,19)20/h3-8,21-22H,2,9H2,1H3. The maximum Gasteiger partial charge on any atom is 0.417 e. The number of benzene rings is 2. The van der Waals surface area contributed by atoms with Gasteiger partial charge in [0, 0.05) is 12.2 Å². The van der Waals surface area contributed by atoms with E-state index in [1.807, 2.05) is 0 Å². The molecule has 0 amide bonds. The van der Waals surface area contributed by atoms with Crippen molar-refractivity contribution in [3.8, 4) is 11.5 Å². The molecular weight excluding hydrogens is 331 g/mol. The summed E-state index contributed by atoms with van der Waals surface area (Å²) in [6.07, 6.45) is -4.53. The fourth-order valence-electron chi connectivity index (χ4n) is 2.07. The summed E-state index contributed by atoms with van der Waals surface area (Å²) >= 11 is 5.58. The Morgan fingerprint density at radius 1 is 1.22 bits per heavy atom. The van der Waals surface area contributed by atoms with Crippen molar-refractivity contribution in [2.45, 2.75) is 19.6 Å². The molecule has 0 aliphatic carbocycles. The number of halogens is 4. The second-order valence-electron chi connectivity index (χ2n) is 4.73. The number of anilines is 1. The van der Waals surface area contributed by atoms with E-state index < -0.39 is 11.7 Å². The van der Waals surface area contributed by atoms with Gasteiger partial charge in [-0.15, -0.1) is 0 Å². The molecule has 0 bridgehead atoms. The molecule has 0 atom stereocenters. The van der Waals surface area contributed by atoms with Gasteiger partial charge in [-0.3, -0.25) is 0 Å². The smallest absolute Gasteiger partial charge is 0.417 e. The summed E-state index contributed by atoms with van der Waals surface area (Å²) in [4.78, 5) is 0. The van der Waals surface area contributed by atoms with Gasteiger partial charge in [0.1, 0.15) is 11.5 Å². The van der Waals surface area contributed by atoms with Gasteiger partial charge in [0.15, 0.2) is 0 Å². The van der Waals surface area contributed by atoms with Gasteiger partial charge in [0.25, 0.3) is 0 Å². The number of phenols is 1. The second kappa shape index (κ2) is 7.00. The van der Waals surface area contributed by atoms with Gasteiger partial charge in [-0.1, -0.05) is 17.7 Å². The fourth-order valence-corrected chi connectivity index (χ4v) is 2.29. The Bertz CT molecular complexity index is 690. The molecule has 0 saturated heterocycles. The van der Waals surface area contributed by atoms with Gasteiger partial charge in [0.05, 0.1) is 22.8 Å². The van der Waals surface area contributed by atoms with E-state index in [0.29, 0.717) is 17.9 Å². The van der Waals surface area contributed by atoms with Crippen molar-refractivity contribution in [3.05, 3.63) is 52.5 Å². The highest BCUT2D eigenvalue weighted by Crippen LogP contribution is 2.36. The summed E-state index contributed by atoms with van der Waals surface area (Å²) in [5.41, 5.74) is -0.197. The molecule has 0 saturated carbocycles. The largest absolute Gasteiger partial charge is 0.507 e. The molecule has 0 aliphatic rings. The molecule has 0 fully saturated rings. The van der Waals surface area contributed by atoms with E-state index in [1.165, 1.54) is 18.2 Å². The molecule has 0 aliphatic heterocycles. The Kier molecular flexibility index (Phi) is 5.26. The predicted molar refractivity (Wildman–Crippen MR) is 83.1 cm³/mol. The van der Waals surface area contributed by atoms with Crippen LogP contribution < -0.4 is 10.1 Å². The molecule has 2 N–H and O–H groups in total. The van der Waals surface area contributed by atoms with E-state index in [-0.39, 0.29) is 23.0 Å². The minimum atomic E-state index is -4.53. The third-order valence-electron chi connectivity index (χ3n) is 3.15. The van der Waals surface area contributed by atoms with Crippen molar-refractivity contribution in [3.63, 3.8) is 0 Å². The van der Waals surface area contributed by atoms with Crippen LogP contribution in [0.25, 0.3) is 0 Å². The lowest BCUT2D eigenvalue weighted by Gasteiger charge is -2.15. The third kappa shape index (κ3) is 4.22. The number of phenolic OH excluding ortho intramolecular Hbond substituents is 1. The van der Waals surface area contributed by atoms with Gasteiger partial charge in [0.2, 0.25) is 0 Å². The minimum absolute atomic E-state index is 0.00783. The summed E-state index contributed by atoms with van der Waals surface area (Å²) in [6.45, 7) is 2.33. The molecule has 0 radical (unpaired) electrons. The zero-order chi connectivity index (χ0) is 17.0. The minimum Gasteiger partial charge on any atom is -0.507 e. The number of hydrogen-bond donors (Lipinski definition) is 2. The predicted octanol–water partition coefficient (Wildman–Crippen LogP) is 5.08. The molecule has 7 heteroatoms. The molecule has 2 rings (SSSR count). The molecule has 23 heavy (non-hydrogen) atoms. The lowest BCUT2D eigenvalue weighted by Crippen LogP contribution is -2.08. The van der Waals surface area contributed by atoms with E-state index in [4.69, 9.17) is 16.3 Å². The lowest BCUT2D eigenvalue weighted by atomic mass is 10.1. The van der Waals surface area contributed by atoms with Crippen LogP contribution in [-0.2, 0) is 12.7 Å². The van der Waals surface area contributed by atoms with Gasteiger partial charge in [-0.2, -0.15) is 13.2 Å². The van der Waals surface area contributed by atoms with E-state index >= 15 is 0 Å². The van der Waals surface area contributed by atoms with E-state index in [2.05, 4.69) is 5.32 Å². The van der Waals surface area contributed by atoms with Crippen LogP contribution in [0.3, 0.4) is 0 Å². The first-order chi connectivity index (χ1) is 10.8. The van der Waals surface area contributed by atoms with Gasteiger partial charge >= 0.3 is 6.18 Å². The lowest BCUT2D eigenvalue weighted by molar-refractivity contribution is -0.137. The normalized spacial score (nSPS) is 11.3. The summed E-state index contributed by atoms with van der Waals surface area (Å²) in [6, 6.07) is 8.36. The van der Waals surface area contributed by atoms with Crippen LogP contribution in [0.15, 0.2) is 36.4 Å². The van der Waals surface area contributed by atoms with Crippen LogP contribution in [0, 0.1) is 0 Å². The van der Waals surface area contributed by atoms with Gasteiger partial charge in [-0.25, -0.2) is 0 Å². The third-order valence-corrected chi connectivity index (χ3v) is 3.48. The molecule has 2 aromatic rings. The summed E-state index contributed by atoms with van der Waals surface area (Å²) in [5, 5.41) is 12.4. The van der Waals surface area contributed by atoms with Crippen molar-refractivity contribution < 1.29 is 23.0 Å². The number of aromatic hydroxyl groups is 1. The second-order valence-corrected chi connectivity index (χ2v) is 5.14.